The molecule has 24 heavy (non-hydrogen) atoms. The summed E-state index contributed by atoms with van der Waals surface area (Å²) < 4.78 is 5.48. The Morgan fingerprint density at radius 1 is 1.21 bits per heavy atom. The molecule has 1 aromatic rings. The third-order valence-electron chi connectivity index (χ3n) is 5.21. The average molecular weight is 352 g/mol. The average Bonchev–Trinajstić information content (AvgIpc) is 2.62. The molecule has 1 N–H and O–H groups in total. The van der Waals surface area contributed by atoms with Gasteiger partial charge in [0.1, 0.15) is 0 Å². The molecule has 0 unspecified atom stereocenters. The van der Waals surface area contributed by atoms with Crippen molar-refractivity contribution >= 4 is 23.5 Å². The molecule has 6 heteroatoms. The van der Waals surface area contributed by atoms with Crippen molar-refractivity contribution in [1.82, 2.24) is 4.90 Å². The molecule has 0 spiro atoms. The van der Waals surface area contributed by atoms with Gasteiger partial charge in [-0.05, 0) is 43.4 Å². The zero-order valence-electron chi connectivity index (χ0n) is 13.5. The second kappa shape index (κ2) is 7.11. The molecule has 2 aliphatic rings. The van der Waals surface area contributed by atoms with Crippen molar-refractivity contribution < 1.29 is 19.4 Å². The number of halogens is 1. The molecule has 1 aromatic carbocycles. The summed E-state index contributed by atoms with van der Waals surface area (Å²) in [6.45, 7) is 1.98. The summed E-state index contributed by atoms with van der Waals surface area (Å²) in [7, 11) is 0. The topological polar surface area (TPSA) is 66.8 Å². The van der Waals surface area contributed by atoms with Crippen LogP contribution < -0.4 is 0 Å². The third kappa shape index (κ3) is 3.28. The summed E-state index contributed by atoms with van der Waals surface area (Å²) in [5.74, 6) is -1.26. The smallest absolute Gasteiger partial charge is 0.308 e. The van der Waals surface area contributed by atoms with Crippen molar-refractivity contribution in [2.45, 2.75) is 31.1 Å². The van der Waals surface area contributed by atoms with E-state index in [4.69, 9.17) is 16.3 Å². The molecule has 2 heterocycles. The van der Waals surface area contributed by atoms with Crippen LogP contribution in [0, 0.1) is 5.92 Å². The largest absolute Gasteiger partial charge is 0.481 e. The van der Waals surface area contributed by atoms with Gasteiger partial charge in [0.05, 0.1) is 11.3 Å². The maximum Gasteiger partial charge on any atom is 0.308 e. The first-order valence-corrected chi connectivity index (χ1v) is 8.77. The Morgan fingerprint density at radius 2 is 1.88 bits per heavy atom. The van der Waals surface area contributed by atoms with Crippen LogP contribution in [0.5, 0.6) is 0 Å². The molecule has 1 atom stereocenters. The SMILES string of the molecule is O=C(O)[C@H]1CCCN(C(=O)C2(c3ccc(Cl)cc3)CCOCC2)C1. The minimum Gasteiger partial charge on any atom is -0.481 e. The molecule has 0 aliphatic carbocycles. The van der Waals surface area contributed by atoms with Crippen molar-refractivity contribution in [2.75, 3.05) is 26.3 Å². The van der Waals surface area contributed by atoms with Crippen molar-refractivity contribution in [3.05, 3.63) is 34.9 Å². The monoisotopic (exact) mass is 351 g/mol. The molecule has 2 aliphatic heterocycles. The van der Waals surface area contributed by atoms with Crippen LogP contribution in [0.3, 0.4) is 0 Å². The molecule has 130 valence electrons. The number of carbonyl (C=O) groups excluding carboxylic acids is 1. The summed E-state index contributed by atoms with van der Waals surface area (Å²) >= 11 is 5.99. The summed E-state index contributed by atoms with van der Waals surface area (Å²) in [5, 5.41) is 9.92. The summed E-state index contributed by atoms with van der Waals surface area (Å²) in [6.07, 6.45) is 2.59. The number of amides is 1. The highest BCUT2D eigenvalue weighted by Gasteiger charge is 2.45. The van der Waals surface area contributed by atoms with E-state index in [1.54, 1.807) is 17.0 Å². The molecular formula is C18H22ClNO4. The van der Waals surface area contributed by atoms with Gasteiger partial charge in [-0.2, -0.15) is 0 Å². The number of benzene rings is 1. The maximum atomic E-state index is 13.4. The fourth-order valence-electron chi connectivity index (χ4n) is 3.78. The quantitative estimate of drug-likeness (QED) is 0.909. The normalized spacial score (nSPS) is 23.7. The van der Waals surface area contributed by atoms with Crippen molar-refractivity contribution in [1.29, 1.82) is 0 Å². The molecule has 3 rings (SSSR count). The van der Waals surface area contributed by atoms with E-state index in [1.807, 2.05) is 12.1 Å². The molecule has 2 fully saturated rings. The van der Waals surface area contributed by atoms with Crippen LogP contribution in [0.4, 0.5) is 0 Å². The number of piperidine rings is 1. The molecule has 0 saturated carbocycles. The fraction of sp³-hybridized carbons (Fsp3) is 0.556. The van der Waals surface area contributed by atoms with E-state index >= 15 is 0 Å². The highest BCUT2D eigenvalue weighted by molar-refractivity contribution is 6.30. The van der Waals surface area contributed by atoms with Gasteiger partial charge in [-0.15, -0.1) is 0 Å². The van der Waals surface area contributed by atoms with Gasteiger partial charge in [0.25, 0.3) is 0 Å². The van der Waals surface area contributed by atoms with Gasteiger partial charge >= 0.3 is 5.97 Å². The van der Waals surface area contributed by atoms with E-state index in [9.17, 15) is 14.7 Å². The minimum absolute atomic E-state index is 0.0269. The molecule has 0 radical (unpaired) electrons. The second-order valence-electron chi connectivity index (χ2n) is 6.63. The lowest BCUT2D eigenvalue weighted by molar-refractivity contribution is -0.149. The van der Waals surface area contributed by atoms with E-state index in [0.29, 0.717) is 50.6 Å². The molecular weight excluding hydrogens is 330 g/mol. The molecule has 0 bridgehead atoms. The zero-order valence-corrected chi connectivity index (χ0v) is 14.3. The summed E-state index contributed by atoms with van der Waals surface area (Å²) in [6, 6.07) is 7.42. The number of carboxylic acids is 1. The zero-order chi connectivity index (χ0) is 17.2. The number of nitrogens with zero attached hydrogens (tertiary/aromatic N) is 1. The number of rotatable bonds is 3. The first-order chi connectivity index (χ1) is 11.5. The van der Waals surface area contributed by atoms with Crippen LogP contribution in [0.1, 0.15) is 31.2 Å². The van der Waals surface area contributed by atoms with Crippen LogP contribution in [-0.2, 0) is 19.7 Å². The third-order valence-corrected chi connectivity index (χ3v) is 5.46. The van der Waals surface area contributed by atoms with Gasteiger partial charge in [0.15, 0.2) is 0 Å². The molecule has 0 aromatic heterocycles. The number of likely N-dealkylation sites (tertiary alicyclic amines) is 1. The Bertz CT molecular complexity index is 610. The predicted octanol–water partition coefficient (Wildman–Crippen LogP) is 2.71. The summed E-state index contributed by atoms with van der Waals surface area (Å²) in [5.41, 5.74) is 0.307. The molecule has 2 saturated heterocycles. The minimum atomic E-state index is -0.819. The first-order valence-electron chi connectivity index (χ1n) is 8.39. The first kappa shape index (κ1) is 17.2. The van der Waals surface area contributed by atoms with Gasteiger partial charge in [0.2, 0.25) is 5.91 Å². The Hall–Kier alpha value is -1.59. The van der Waals surface area contributed by atoms with Gasteiger partial charge in [0, 0.05) is 31.3 Å². The lowest BCUT2D eigenvalue weighted by Gasteiger charge is -2.42. The van der Waals surface area contributed by atoms with Crippen molar-refractivity contribution in [3.8, 4) is 0 Å². The van der Waals surface area contributed by atoms with Crippen molar-refractivity contribution in [2.24, 2.45) is 5.92 Å². The Kier molecular flexibility index (Phi) is 5.11. The predicted molar refractivity (Wildman–Crippen MR) is 90.1 cm³/mol. The Labute approximate surface area is 146 Å². The van der Waals surface area contributed by atoms with Crippen LogP contribution in [0.2, 0.25) is 5.02 Å². The highest BCUT2D eigenvalue weighted by atomic mass is 35.5. The standard InChI is InChI=1S/C18H22ClNO4/c19-15-5-3-14(4-6-15)18(7-10-24-11-8-18)17(23)20-9-1-2-13(12-20)16(21)22/h3-6,13H,1-2,7-12H2,(H,21,22)/t13-/m0/s1. The number of hydrogen-bond donors (Lipinski definition) is 1. The maximum absolute atomic E-state index is 13.4. The highest BCUT2D eigenvalue weighted by Crippen LogP contribution is 2.38. The lowest BCUT2D eigenvalue weighted by Crippen LogP contribution is -2.53. The number of ether oxygens (including phenoxy) is 1. The fourth-order valence-corrected chi connectivity index (χ4v) is 3.91. The number of aliphatic carboxylic acids is 1. The Balaban J connectivity index is 1.89. The lowest BCUT2D eigenvalue weighted by atomic mass is 9.72. The Morgan fingerprint density at radius 3 is 2.50 bits per heavy atom. The number of carboxylic acid groups (broad SMARTS) is 1. The second-order valence-corrected chi connectivity index (χ2v) is 7.07. The molecule has 5 nitrogen and oxygen atoms in total. The van der Waals surface area contributed by atoms with Crippen molar-refractivity contribution in [3.63, 3.8) is 0 Å². The van der Waals surface area contributed by atoms with Crippen LogP contribution in [0.15, 0.2) is 24.3 Å². The molecule has 1 amide bonds. The van der Waals surface area contributed by atoms with E-state index in [-0.39, 0.29) is 5.91 Å². The van der Waals surface area contributed by atoms with Crippen LogP contribution in [0.25, 0.3) is 0 Å². The van der Waals surface area contributed by atoms with E-state index in [2.05, 4.69) is 0 Å². The summed E-state index contributed by atoms with van der Waals surface area (Å²) in [4.78, 5) is 26.4. The van der Waals surface area contributed by atoms with E-state index in [1.165, 1.54) is 0 Å². The van der Waals surface area contributed by atoms with Gasteiger partial charge < -0.3 is 14.7 Å². The van der Waals surface area contributed by atoms with Gasteiger partial charge in [-0.25, -0.2) is 0 Å². The number of hydrogen-bond acceptors (Lipinski definition) is 3. The van der Waals surface area contributed by atoms with Gasteiger partial charge in [-0.3, -0.25) is 9.59 Å². The van der Waals surface area contributed by atoms with Crippen LogP contribution >= 0.6 is 11.6 Å². The van der Waals surface area contributed by atoms with Crippen LogP contribution in [-0.4, -0.2) is 48.2 Å². The van der Waals surface area contributed by atoms with E-state index in [0.717, 1.165) is 12.0 Å². The number of carbonyl (C=O) groups is 2. The van der Waals surface area contributed by atoms with E-state index < -0.39 is 17.3 Å². The van der Waals surface area contributed by atoms with Gasteiger partial charge in [-0.1, -0.05) is 23.7 Å².